The number of aromatic nitrogens is 2. The van der Waals surface area contributed by atoms with E-state index in [2.05, 4.69) is 9.97 Å². The summed E-state index contributed by atoms with van der Waals surface area (Å²) in [6.45, 7) is 2.15. The number of ether oxygens (including phenoxy) is 2. The number of anilines is 1. The van der Waals surface area contributed by atoms with Gasteiger partial charge in [0.15, 0.2) is 0 Å². The molecule has 0 saturated heterocycles. The Kier molecular flexibility index (Phi) is 7.58. The van der Waals surface area contributed by atoms with Crippen molar-refractivity contribution in [2.45, 2.75) is 25.2 Å². The van der Waals surface area contributed by atoms with E-state index in [1.54, 1.807) is 30.3 Å². The quantitative estimate of drug-likeness (QED) is 0.284. The van der Waals surface area contributed by atoms with Crippen LogP contribution in [0.5, 0.6) is 11.6 Å². The van der Waals surface area contributed by atoms with Crippen LogP contribution < -0.4 is 20.9 Å². The summed E-state index contributed by atoms with van der Waals surface area (Å²) in [6, 6.07) is 19.2. The van der Waals surface area contributed by atoms with Gasteiger partial charge in [-0.1, -0.05) is 36.4 Å². The highest BCUT2D eigenvalue weighted by atomic mass is 19.4. The van der Waals surface area contributed by atoms with Gasteiger partial charge in [-0.05, 0) is 54.4 Å². The number of halogens is 4. The molecular formula is C27H24F4N4O2. The van der Waals surface area contributed by atoms with Crippen molar-refractivity contribution >= 4 is 5.95 Å². The van der Waals surface area contributed by atoms with Crippen molar-refractivity contribution in [1.29, 1.82) is 0 Å². The lowest BCUT2D eigenvalue weighted by molar-refractivity contribution is -0.198. The van der Waals surface area contributed by atoms with Crippen LogP contribution in [0, 0.1) is 5.82 Å². The van der Waals surface area contributed by atoms with Crippen LogP contribution in [-0.2, 0) is 0 Å². The standard InChI is InChI=1S/C27H24F4N4O2/c1-16(32)15-36-22-11-9-18(10-12-22)23-14-24(35-26(33)34-23)37-25(27(29,30)31)19-7-5-17(6-8-19)20-3-2-4-21(28)13-20/h2-14,16,25H,15,32H2,1H3,(H2,33,34,35). The molecule has 2 unspecified atom stereocenters. The third kappa shape index (κ3) is 6.73. The Balaban J connectivity index is 1.58. The largest absolute Gasteiger partial charge is 0.492 e. The fraction of sp³-hybridized carbons (Fsp3) is 0.185. The van der Waals surface area contributed by atoms with E-state index in [0.29, 0.717) is 29.0 Å². The molecule has 0 saturated carbocycles. The number of nitrogen functional groups attached to an aromatic ring is 1. The molecule has 1 heterocycles. The summed E-state index contributed by atoms with van der Waals surface area (Å²) in [6.07, 6.45) is -7.07. The van der Waals surface area contributed by atoms with E-state index in [0.717, 1.165) is 0 Å². The van der Waals surface area contributed by atoms with Gasteiger partial charge in [-0.3, -0.25) is 0 Å². The SMILES string of the molecule is CC(N)COc1ccc(-c2cc(OC(c3ccc(-c4cccc(F)c4)cc3)C(F)(F)F)nc(N)n2)cc1. The first-order chi connectivity index (χ1) is 17.6. The Bertz CT molecular complexity index is 1340. The summed E-state index contributed by atoms with van der Waals surface area (Å²) in [7, 11) is 0. The van der Waals surface area contributed by atoms with E-state index in [4.69, 9.17) is 20.9 Å². The maximum atomic E-state index is 14.0. The van der Waals surface area contributed by atoms with Crippen molar-refractivity contribution in [2.75, 3.05) is 12.3 Å². The molecule has 0 aliphatic rings. The van der Waals surface area contributed by atoms with Gasteiger partial charge in [0.25, 0.3) is 0 Å². The van der Waals surface area contributed by atoms with E-state index in [1.807, 2.05) is 6.92 Å². The normalized spacial score (nSPS) is 13.1. The molecule has 0 aliphatic heterocycles. The number of hydrogen-bond donors (Lipinski definition) is 2. The molecule has 4 aromatic rings. The van der Waals surface area contributed by atoms with Crippen molar-refractivity contribution in [3.05, 3.63) is 90.2 Å². The van der Waals surface area contributed by atoms with E-state index < -0.39 is 18.1 Å². The number of alkyl halides is 3. The average molecular weight is 513 g/mol. The number of rotatable bonds is 8. The average Bonchev–Trinajstić information content (AvgIpc) is 2.85. The molecule has 4 N–H and O–H groups in total. The molecule has 0 amide bonds. The molecule has 3 aromatic carbocycles. The fourth-order valence-corrected chi connectivity index (χ4v) is 3.56. The van der Waals surface area contributed by atoms with E-state index in [-0.39, 0.29) is 29.1 Å². The number of benzene rings is 3. The van der Waals surface area contributed by atoms with Crippen LogP contribution in [-0.4, -0.2) is 28.8 Å². The predicted octanol–water partition coefficient (Wildman–Crippen LogP) is 5.94. The van der Waals surface area contributed by atoms with Crippen molar-refractivity contribution < 1.29 is 27.0 Å². The molecule has 0 spiro atoms. The van der Waals surface area contributed by atoms with Crippen LogP contribution in [0.25, 0.3) is 22.4 Å². The van der Waals surface area contributed by atoms with Gasteiger partial charge in [-0.25, -0.2) is 9.37 Å². The van der Waals surface area contributed by atoms with Crippen molar-refractivity contribution in [2.24, 2.45) is 5.73 Å². The minimum absolute atomic E-state index is 0.139. The lowest BCUT2D eigenvalue weighted by atomic mass is 10.0. The van der Waals surface area contributed by atoms with Crippen molar-refractivity contribution in [1.82, 2.24) is 9.97 Å². The van der Waals surface area contributed by atoms with Crippen LogP contribution in [0.4, 0.5) is 23.5 Å². The van der Waals surface area contributed by atoms with Crippen molar-refractivity contribution in [3.8, 4) is 34.0 Å². The van der Waals surface area contributed by atoms with Gasteiger partial charge in [0.05, 0.1) is 5.69 Å². The molecule has 4 rings (SSSR count). The van der Waals surface area contributed by atoms with Crippen LogP contribution in [0.3, 0.4) is 0 Å². The van der Waals surface area contributed by atoms with Gasteiger partial charge in [0.2, 0.25) is 17.9 Å². The first-order valence-electron chi connectivity index (χ1n) is 11.3. The van der Waals surface area contributed by atoms with Crippen LogP contribution >= 0.6 is 0 Å². The first-order valence-corrected chi connectivity index (χ1v) is 11.3. The van der Waals surface area contributed by atoms with Gasteiger partial charge in [0, 0.05) is 23.2 Å². The lowest BCUT2D eigenvalue weighted by Gasteiger charge is -2.22. The molecule has 37 heavy (non-hydrogen) atoms. The smallest absolute Gasteiger partial charge is 0.429 e. The summed E-state index contributed by atoms with van der Waals surface area (Å²) >= 11 is 0. The van der Waals surface area contributed by atoms with Gasteiger partial charge in [-0.2, -0.15) is 18.2 Å². The van der Waals surface area contributed by atoms with Gasteiger partial charge < -0.3 is 20.9 Å². The highest BCUT2D eigenvalue weighted by Crippen LogP contribution is 2.38. The zero-order valence-corrected chi connectivity index (χ0v) is 19.7. The van der Waals surface area contributed by atoms with E-state index in [9.17, 15) is 17.6 Å². The lowest BCUT2D eigenvalue weighted by Crippen LogP contribution is -2.26. The topological polar surface area (TPSA) is 96.3 Å². The minimum Gasteiger partial charge on any atom is -0.492 e. The monoisotopic (exact) mass is 512 g/mol. The Hall–Kier alpha value is -4.18. The second-order valence-corrected chi connectivity index (χ2v) is 8.43. The molecule has 10 heteroatoms. The maximum absolute atomic E-state index is 14.0. The summed E-state index contributed by atoms with van der Waals surface area (Å²) in [5.41, 5.74) is 13.3. The van der Waals surface area contributed by atoms with Crippen LogP contribution in [0.2, 0.25) is 0 Å². The van der Waals surface area contributed by atoms with Crippen molar-refractivity contribution in [3.63, 3.8) is 0 Å². The fourth-order valence-electron chi connectivity index (χ4n) is 3.56. The zero-order chi connectivity index (χ0) is 26.6. The highest BCUT2D eigenvalue weighted by Gasteiger charge is 2.43. The minimum atomic E-state index is -4.75. The molecule has 0 aliphatic carbocycles. The van der Waals surface area contributed by atoms with E-state index in [1.165, 1.54) is 48.5 Å². The maximum Gasteiger partial charge on any atom is 0.429 e. The second kappa shape index (κ2) is 10.8. The molecule has 0 fully saturated rings. The number of nitrogens with two attached hydrogens (primary N) is 2. The van der Waals surface area contributed by atoms with Crippen LogP contribution in [0.15, 0.2) is 78.9 Å². The molecule has 192 valence electrons. The van der Waals surface area contributed by atoms with Gasteiger partial charge in [0.1, 0.15) is 18.2 Å². The Morgan fingerprint density at radius 3 is 2.16 bits per heavy atom. The Morgan fingerprint density at radius 1 is 0.865 bits per heavy atom. The first kappa shape index (κ1) is 25.9. The van der Waals surface area contributed by atoms with Gasteiger partial charge in [-0.15, -0.1) is 0 Å². The summed E-state index contributed by atoms with van der Waals surface area (Å²) in [5, 5.41) is 0. The molecule has 6 nitrogen and oxygen atoms in total. The molecular weight excluding hydrogens is 488 g/mol. The Morgan fingerprint density at radius 2 is 1.54 bits per heavy atom. The summed E-state index contributed by atoms with van der Waals surface area (Å²) in [4.78, 5) is 7.96. The molecule has 0 bridgehead atoms. The molecule has 1 aromatic heterocycles. The van der Waals surface area contributed by atoms with Gasteiger partial charge >= 0.3 is 6.18 Å². The second-order valence-electron chi connectivity index (χ2n) is 8.43. The van der Waals surface area contributed by atoms with Crippen LogP contribution in [0.1, 0.15) is 18.6 Å². The predicted molar refractivity (Wildman–Crippen MR) is 132 cm³/mol. The number of nitrogens with zero attached hydrogens (tertiary/aromatic N) is 2. The summed E-state index contributed by atoms with van der Waals surface area (Å²) in [5.74, 6) is -0.440. The Labute approximate surface area is 210 Å². The highest BCUT2D eigenvalue weighted by molar-refractivity contribution is 5.64. The number of hydrogen-bond acceptors (Lipinski definition) is 6. The molecule has 2 atom stereocenters. The third-order valence-electron chi connectivity index (χ3n) is 5.29. The zero-order valence-electron chi connectivity index (χ0n) is 19.7. The molecule has 0 radical (unpaired) electrons. The summed E-state index contributed by atoms with van der Waals surface area (Å²) < 4.78 is 66.4. The van der Waals surface area contributed by atoms with E-state index >= 15 is 0 Å². The third-order valence-corrected chi connectivity index (χ3v) is 5.29.